The summed E-state index contributed by atoms with van der Waals surface area (Å²) in [6, 6.07) is 3.34. The lowest BCUT2D eigenvalue weighted by Crippen LogP contribution is -2.56. The van der Waals surface area contributed by atoms with Crippen molar-refractivity contribution in [2.45, 2.75) is 94.3 Å². The number of benzene rings is 1. The molecule has 0 radical (unpaired) electrons. The first-order valence-electron chi connectivity index (χ1n) is 15.9. The first-order chi connectivity index (χ1) is 22.1. The largest absolute Gasteiger partial charge is 0.479 e. The summed E-state index contributed by atoms with van der Waals surface area (Å²) in [6.45, 7) is 1.24. The maximum absolute atomic E-state index is 14.1. The fourth-order valence-electron chi connectivity index (χ4n) is 6.81. The van der Waals surface area contributed by atoms with E-state index in [0.717, 1.165) is 30.4 Å². The van der Waals surface area contributed by atoms with Crippen LogP contribution in [0.25, 0.3) is 0 Å². The number of nitrogens with one attached hydrogen (secondary N) is 2. The predicted molar refractivity (Wildman–Crippen MR) is 163 cm³/mol. The van der Waals surface area contributed by atoms with Gasteiger partial charge < -0.3 is 34.9 Å². The SMILES string of the molecule is O=C(N[C@H]1CCCCC/C=C\[C@@H]2C[C@@]2(C(=O)O)NC(=O)[C@@H]2C[C@@H](OC(=O)N3Cc4cccc(Cl)c4C3)CN2C1=O)OC1CCOC1. The molecule has 1 saturated carbocycles. The van der Waals surface area contributed by atoms with Crippen molar-refractivity contribution in [1.29, 1.82) is 0 Å². The van der Waals surface area contributed by atoms with Gasteiger partial charge in [-0.3, -0.25) is 14.5 Å². The van der Waals surface area contributed by atoms with Crippen LogP contribution >= 0.6 is 11.6 Å². The summed E-state index contributed by atoms with van der Waals surface area (Å²) in [4.78, 5) is 69.1. The highest BCUT2D eigenvalue weighted by molar-refractivity contribution is 6.31. The average Bonchev–Trinajstić information content (AvgIpc) is 3.45. The van der Waals surface area contributed by atoms with Crippen molar-refractivity contribution < 1.29 is 43.3 Å². The van der Waals surface area contributed by atoms with Crippen molar-refractivity contribution in [3.05, 3.63) is 46.5 Å². The molecule has 4 aliphatic heterocycles. The van der Waals surface area contributed by atoms with Crippen molar-refractivity contribution in [3.8, 4) is 0 Å². The van der Waals surface area contributed by atoms with Crippen LogP contribution in [0.5, 0.6) is 0 Å². The van der Waals surface area contributed by atoms with Crippen molar-refractivity contribution in [3.63, 3.8) is 0 Å². The van der Waals surface area contributed by atoms with Crippen molar-refractivity contribution in [2.75, 3.05) is 19.8 Å². The molecule has 4 heterocycles. The number of hydrogen-bond acceptors (Lipinski definition) is 8. The Morgan fingerprint density at radius 1 is 1.09 bits per heavy atom. The molecule has 2 saturated heterocycles. The summed E-state index contributed by atoms with van der Waals surface area (Å²) in [5.41, 5.74) is 0.282. The van der Waals surface area contributed by atoms with Gasteiger partial charge >= 0.3 is 18.2 Å². The Labute approximate surface area is 271 Å². The molecule has 5 aliphatic rings. The summed E-state index contributed by atoms with van der Waals surface area (Å²) in [5.74, 6) is -2.69. The van der Waals surface area contributed by atoms with Crippen LogP contribution < -0.4 is 10.6 Å². The van der Waals surface area contributed by atoms with Crippen LogP contribution in [0.4, 0.5) is 9.59 Å². The van der Waals surface area contributed by atoms with Crippen LogP contribution in [-0.4, -0.2) is 94.5 Å². The van der Waals surface area contributed by atoms with E-state index in [-0.39, 0.29) is 38.5 Å². The zero-order valence-electron chi connectivity index (χ0n) is 25.5. The normalized spacial score (nSPS) is 31.8. The van der Waals surface area contributed by atoms with Gasteiger partial charge in [-0.1, -0.05) is 48.7 Å². The fraction of sp³-hybridized carbons (Fsp3) is 0.594. The number of nitrogens with zero attached hydrogens (tertiary/aromatic N) is 2. The molecule has 4 amide bonds. The number of allylic oxidation sites excluding steroid dienone is 1. The van der Waals surface area contributed by atoms with Crippen molar-refractivity contribution in [1.82, 2.24) is 20.4 Å². The van der Waals surface area contributed by atoms with Crippen molar-refractivity contribution >= 4 is 41.6 Å². The van der Waals surface area contributed by atoms with E-state index in [0.29, 0.717) is 37.4 Å². The minimum Gasteiger partial charge on any atom is -0.479 e. The zero-order chi connectivity index (χ0) is 32.4. The number of alkyl carbamates (subject to hydrolysis) is 1. The maximum atomic E-state index is 14.1. The van der Waals surface area contributed by atoms with E-state index < -0.39 is 59.8 Å². The number of aliphatic carboxylic acids is 1. The number of carbonyl (C=O) groups excluding carboxylic acids is 4. The molecule has 3 fully saturated rings. The lowest BCUT2D eigenvalue weighted by atomic mass is 10.0. The molecular weight excluding hydrogens is 620 g/mol. The van der Waals surface area contributed by atoms with E-state index in [1.807, 2.05) is 24.3 Å². The monoisotopic (exact) mass is 658 g/mol. The molecule has 1 aliphatic carbocycles. The second kappa shape index (κ2) is 13.5. The standard InChI is InChI=1S/C32H39ClN4O9/c33-24-9-6-7-19-15-36(17-23(19)24)31(43)46-22-13-26-27(38)35-32(29(40)41)14-20(32)8-4-2-1-3-5-10-25(28(39)37(26)16-22)34-30(42)45-21-11-12-44-18-21/h4,6-9,20-22,25-26H,1-3,5,10-18H2,(H,34,42)(H,35,38)(H,40,41)/b8-4-/t20-,21?,22-,25+,26+,32-/m1/s1. The third-order valence-corrected chi connectivity index (χ3v) is 9.88. The molecule has 6 atom stereocenters. The van der Waals surface area contributed by atoms with Gasteiger partial charge in [-0.15, -0.1) is 0 Å². The average molecular weight is 659 g/mol. The first kappa shape index (κ1) is 32.1. The number of carboxylic acid groups (broad SMARTS) is 1. The quantitative estimate of drug-likeness (QED) is 0.413. The summed E-state index contributed by atoms with van der Waals surface area (Å²) in [7, 11) is 0. The summed E-state index contributed by atoms with van der Waals surface area (Å²) >= 11 is 6.32. The van der Waals surface area contributed by atoms with E-state index in [1.54, 1.807) is 6.07 Å². The van der Waals surface area contributed by atoms with Crippen LogP contribution in [0.3, 0.4) is 0 Å². The predicted octanol–water partition coefficient (Wildman–Crippen LogP) is 3.13. The van der Waals surface area contributed by atoms with Gasteiger partial charge in [0.1, 0.15) is 29.8 Å². The number of carboxylic acids is 1. The topological polar surface area (TPSA) is 164 Å². The molecule has 3 N–H and O–H groups in total. The van der Waals surface area contributed by atoms with Crippen molar-refractivity contribution in [2.24, 2.45) is 5.92 Å². The Morgan fingerprint density at radius 2 is 1.93 bits per heavy atom. The van der Waals surface area contributed by atoms with Crippen LogP contribution in [0.1, 0.15) is 62.5 Å². The minimum atomic E-state index is -1.47. The van der Waals surface area contributed by atoms with Gasteiger partial charge in [0.25, 0.3) is 0 Å². The van der Waals surface area contributed by atoms with Crippen LogP contribution in [0, 0.1) is 5.92 Å². The Bertz CT molecular complexity index is 1420. The van der Waals surface area contributed by atoms with E-state index in [9.17, 15) is 29.1 Å². The van der Waals surface area contributed by atoms with Gasteiger partial charge in [-0.2, -0.15) is 0 Å². The minimum absolute atomic E-state index is 0.0301. The molecule has 0 bridgehead atoms. The summed E-state index contributed by atoms with van der Waals surface area (Å²) < 4.78 is 16.6. The Kier molecular flexibility index (Phi) is 9.42. The Morgan fingerprint density at radius 3 is 2.70 bits per heavy atom. The summed E-state index contributed by atoms with van der Waals surface area (Å²) in [6.07, 6.45) is 5.17. The molecular formula is C32H39ClN4O9. The van der Waals surface area contributed by atoms with Gasteiger partial charge in [0.15, 0.2) is 0 Å². The van der Waals surface area contributed by atoms with E-state index >= 15 is 0 Å². The van der Waals surface area contributed by atoms with Gasteiger partial charge in [0.05, 0.1) is 26.3 Å². The van der Waals surface area contributed by atoms with Crippen LogP contribution in [0.2, 0.25) is 5.02 Å². The van der Waals surface area contributed by atoms with Gasteiger partial charge in [-0.25, -0.2) is 14.4 Å². The highest BCUT2D eigenvalue weighted by Gasteiger charge is 2.61. The molecule has 46 heavy (non-hydrogen) atoms. The number of rotatable bonds is 4. The molecule has 13 nitrogen and oxygen atoms in total. The third-order valence-electron chi connectivity index (χ3n) is 9.53. The van der Waals surface area contributed by atoms with E-state index in [4.69, 9.17) is 25.8 Å². The number of amides is 4. The molecule has 0 spiro atoms. The molecule has 248 valence electrons. The molecule has 14 heteroatoms. The van der Waals surface area contributed by atoms with Crippen LogP contribution in [-0.2, 0) is 41.7 Å². The fourth-order valence-corrected chi connectivity index (χ4v) is 7.06. The number of ether oxygens (including phenoxy) is 3. The first-order valence-corrected chi connectivity index (χ1v) is 16.3. The van der Waals surface area contributed by atoms with Crippen LogP contribution in [0.15, 0.2) is 30.4 Å². The number of hydrogen-bond donors (Lipinski definition) is 3. The second-order valence-electron chi connectivity index (χ2n) is 12.7. The highest BCUT2D eigenvalue weighted by atomic mass is 35.5. The smallest absolute Gasteiger partial charge is 0.410 e. The summed E-state index contributed by atoms with van der Waals surface area (Å²) in [5, 5.41) is 16.0. The second-order valence-corrected chi connectivity index (χ2v) is 13.1. The van der Waals surface area contributed by atoms with Gasteiger partial charge in [0.2, 0.25) is 11.8 Å². The maximum Gasteiger partial charge on any atom is 0.410 e. The number of halogens is 1. The third kappa shape index (κ3) is 6.80. The van der Waals surface area contributed by atoms with E-state index in [2.05, 4.69) is 10.6 Å². The molecule has 1 unspecified atom stereocenters. The molecule has 1 aromatic carbocycles. The number of carbonyl (C=O) groups is 5. The Hall–Kier alpha value is -3.84. The molecule has 1 aromatic rings. The van der Waals surface area contributed by atoms with Gasteiger partial charge in [0, 0.05) is 30.3 Å². The van der Waals surface area contributed by atoms with E-state index in [1.165, 1.54) is 9.80 Å². The zero-order valence-corrected chi connectivity index (χ0v) is 26.2. The Balaban J connectivity index is 1.21. The molecule has 6 rings (SSSR count). The number of fused-ring (bicyclic) bond motifs is 3. The highest BCUT2D eigenvalue weighted by Crippen LogP contribution is 2.45. The van der Waals surface area contributed by atoms with Gasteiger partial charge in [-0.05, 0) is 42.9 Å². The molecule has 0 aromatic heterocycles. The lowest BCUT2D eigenvalue weighted by Gasteiger charge is -2.29. The lowest BCUT2D eigenvalue weighted by molar-refractivity contribution is -0.145.